The third-order valence-electron chi connectivity index (χ3n) is 3.34. The van der Waals surface area contributed by atoms with Crippen LogP contribution < -0.4 is 0 Å². The van der Waals surface area contributed by atoms with E-state index in [9.17, 15) is 0 Å². The van der Waals surface area contributed by atoms with Crippen molar-refractivity contribution in [2.75, 3.05) is 0 Å². The summed E-state index contributed by atoms with van der Waals surface area (Å²) in [4.78, 5) is 0. The normalized spacial score (nSPS) is 11.0. The van der Waals surface area contributed by atoms with Gasteiger partial charge in [0.05, 0.1) is 11.4 Å². The first-order chi connectivity index (χ1) is 8.86. The summed E-state index contributed by atoms with van der Waals surface area (Å²) in [7, 11) is 0. The van der Waals surface area contributed by atoms with Crippen molar-refractivity contribution >= 4 is 10.8 Å². The predicted octanol–water partition coefficient (Wildman–Crippen LogP) is 4.32. The molecule has 2 nitrogen and oxygen atoms in total. The van der Waals surface area contributed by atoms with E-state index in [2.05, 4.69) is 48.3 Å². The van der Waals surface area contributed by atoms with Crippen molar-refractivity contribution < 1.29 is 0 Å². The second-order valence-corrected chi connectivity index (χ2v) is 4.85. The molecule has 0 radical (unpaired) electrons. The van der Waals surface area contributed by atoms with Gasteiger partial charge in [0.25, 0.3) is 0 Å². The van der Waals surface area contributed by atoms with E-state index in [1.54, 1.807) is 0 Å². The topological polar surface area (TPSA) is 25.8 Å². The van der Waals surface area contributed by atoms with Crippen LogP contribution in [-0.4, -0.2) is 10.2 Å². The Morgan fingerprint density at radius 3 is 1.94 bits per heavy atom. The Kier molecular flexibility index (Phi) is 4.68. The van der Waals surface area contributed by atoms with Crippen LogP contribution in [0.3, 0.4) is 0 Å². The molecule has 96 valence electrons. The summed E-state index contributed by atoms with van der Waals surface area (Å²) in [5.74, 6) is 0. The zero-order chi connectivity index (χ0) is 12.8. The Morgan fingerprint density at radius 2 is 1.39 bits per heavy atom. The Bertz CT molecular complexity index is 505. The van der Waals surface area contributed by atoms with Gasteiger partial charge in [0.1, 0.15) is 0 Å². The van der Waals surface area contributed by atoms with Gasteiger partial charge in [-0.25, -0.2) is 0 Å². The van der Waals surface area contributed by atoms with Gasteiger partial charge >= 0.3 is 0 Å². The van der Waals surface area contributed by atoms with E-state index >= 15 is 0 Å². The third-order valence-corrected chi connectivity index (χ3v) is 3.34. The van der Waals surface area contributed by atoms with Crippen LogP contribution in [0, 0.1) is 0 Å². The number of unbranched alkanes of at least 4 members (excludes halogenated alkanes) is 2. The molecule has 0 bridgehead atoms. The molecule has 0 spiro atoms. The van der Waals surface area contributed by atoms with Crippen molar-refractivity contribution in [3.05, 3.63) is 35.7 Å². The van der Waals surface area contributed by atoms with Gasteiger partial charge in [0.15, 0.2) is 0 Å². The molecule has 0 atom stereocenters. The quantitative estimate of drug-likeness (QED) is 0.705. The van der Waals surface area contributed by atoms with Crippen LogP contribution in [0.15, 0.2) is 24.3 Å². The van der Waals surface area contributed by atoms with Gasteiger partial charge in [-0.1, -0.05) is 57.4 Å². The largest absolute Gasteiger partial charge is 0.155 e. The van der Waals surface area contributed by atoms with Crippen molar-refractivity contribution in [2.24, 2.45) is 0 Å². The SMILES string of the molecule is CCCCCc1nnc(CCC)c2ccccc12. The summed E-state index contributed by atoms with van der Waals surface area (Å²) in [5.41, 5.74) is 2.31. The first-order valence-corrected chi connectivity index (χ1v) is 7.10. The predicted molar refractivity (Wildman–Crippen MR) is 76.8 cm³/mol. The van der Waals surface area contributed by atoms with Gasteiger partial charge in [0, 0.05) is 10.8 Å². The van der Waals surface area contributed by atoms with Crippen LogP contribution in [-0.2, 0) is 12.8 Å². The maximum Gasteiger partial charge on any atom is 0.0709 e. The second-order valence-electron chi connectivity index (χ2n) is 4.85. The summed E-state index contributed by atoms with van der Waals surface area (Å²) in [6.07, 6.45) is 6.92. The van der Waals surface area contributed by atoms with E-state index in [-0.39, 0.29) is 0 Å². The molecule has 0 fully saturated rings. The van der Waals surface area contributed by atoms with Crippen LogP contribution in [0.2, 0.25) is 0 Å². The lowest BCUT2D eigenvalue weighted by Crippen LogP contribution is -2.00. The molecule has 0 aliphatic rings. The van der Waals surface area contributed by atoms with Crippen LogP contribution in [0.4, 0.5) is 0 Å². The van der Waals surface area contributed by atoms with Crippen LogP contribution in [0.5, 0.6) is 0 Å². The van der Waals surface area contributed by atoms with E-state index in [0.717, 1.165) is 25.0 Å². The molecule has 18 heavy (non-hydrogen) atoms. The number of benzene rings is 1. The number of fused-ring (bicyclic) bond motifs is 1. The van der Waals surface area contributed by atoms with Gasteiger partial charge in [-0.3, -0.25) is 0 Å². The van der Waals surface area contributed by atoms with Gasteiger partial charge in [-0.05, 0) is 19.3 Å². The summed E-state index contributed by atoms with van der Waals surface area (Å²) in [5, 5.41) is 11.5. The van der Waals surface area contributed by atoms with Gasteiger partial charge < -0.3 is 0 Å². The van der Waals surface area contributed by atoms with E-state index in [4.69, 9.17) is 0 Å². The second kappa shape index (κ2) is 6.48. The minimum absolute atomic E-state index is 1.02. The Balaban J connectivity index is 2.34. The Labute approximate surface area is 109 Å². The molecule has 0 saturated carbocycles. The molecule has 0 N–H and O–H groups in total. The molecule has 2 aromatic rings. The van der Waals surface area contributed by atoms with E-state index in [1.165, 1.54) is 35.7 Å². The highest BCUT2D eigenvalue weighted by Crippen LogP contribution is 2.21. The number of aryl methyl sites for hydroxylation is 2. The smallest absolute Gasteiger partial charge is 0.0709 e. The van der Waals surface area contributed by atoms with Crippen molar-refractivity contribution in [1.82, 2.24) is 10.2 Å². The van der Waals surface area contributed by atoms with Crippen molar-refractivity contribution in [1.29, 1.82) is 0 Å². The molecule has 0 aliphatic carbocycles. The van der Waals surface area contributed by atoms with Gasteiger partial charge in [-0.15, -0.1) is 0 Å². The summed E-state index contributed by atoms with van der Waals surface area (Å²) < 4.78 is 0. The Hall–Kier alpha value is -1.44. The van der Waals surface area contributed by atoms with Crippen molar-refractivity contribution in [3.63, 3.8) is 0 Å². The maximum atomic E-state index is 4.45. The molecule has 2 rings (SSSR count). The molecule has 0 unspecified atom stereocenters. The number of rotatable bonds is 6. The Morgan fingerprint density at radius 1 is 0.778 bits per heavy atom. The molecule has 0 aliphatic heterocycles. The van der Waals surface area contributed by atoms with E-state index < -0.39 is 0 Å². The third kappa shape index (κ3) is 2.87. The van der Waals surface area contributed by atoms with E-state index in [1.807, 2.05) is 0 Å². The zero-order valence-corrected chi connectivity index (χ0v) is 11.4. The fourth-order valence-corrected chi connectivity index (χ4v) is 2.36. The number of nitrogens with zero attached hydrogens (tertiary/aromatic N) is 2. The minimum Gasteiger partial charge on any atom is -0.155 e. The number of hydrogen-bond acceptors (Lipinski definition) is 2. The highest BCUT2D eigenvalue weighted by atomic mass is 15.1. The lowest BCUT2D eigenvalue weighted by Gasteiger charge is -2.08. The summed E-state index contributed by atoms with van der Waals surface area (Å²) >= 11 is 0. The minimum atomic E-state index is 1.02. The lowest BCUT2D eigenvalue weighted by atomic mass is 10.0. The molecule has 1 aromatic heterocycles. The average molecular weight is 242 g/mol. The van der Waals surface area contributed by atoms with Crippen LogP contribution in [0.25, 0.3) is 10.8 Å². The fourth-order valence-electron chi connectivity index (χ4n) is 2.36. The molecule has 0 saturated heterocycles. The van der Waals surface area contributed by atoms with Crippen LogP contribution in [0.1, 0.15) is 50.9 Å². The number of aromatic nitrogens is 2. The lowest BCUT2D eigenvalue weighted by molar-refractivity contribution is 0.700. The standard InChI is InChI=1S/C16H22N2/c1-3-5-6-12-16-14-11-8-7-10-13(14)15(9-4-2)17-18-16/h7-8,10-11H,3-6,9,12H2,1-2H3. The average Bonchev–Trinajstić information content (AvgIpc) is 2.41. The van der Waals surface area contributed by atoms with Gasteiger partial charge in [-0.2, -0.15) is 10.2 Å². The van der Waals surface area contributed by atoms with Crippen molar-refractivity contribution in [3.8, 4) is 0 Å². The molecule has 2 heteroatoms. The molecular formula is C16H22N2. The zero-order valence-electron chi connectivity index (χ0n) is 11.4. The number of hydrogen-bond donors (Lipinski definition) is 0. The molecule has 1 aromatic carbocycles. The van der Waals surface area contributed by atoms with Crippen LogP contribution >= 0.6 is 0 Å². The molecule has 0 amide bonds. The highest BCUT2D eigenvalue weighted by molar-refractivity contribution is 5.86. The fraction of sp³-hybridized carbons (Fsp3) is 0.500. The molecule has 1 heterocycles. The van der Waals surface area contributed by atoms with Gasteiger partial charge in [0.2, 0.25) is 0 Å². The molecular weight excluding hydrogens is 220 g/mol. The monoisotopic (exact) mass is 242 g/mol. The summed E-state index contributed by atoms with van der Waals surface area (Å²) in [6, 6.07) is 8.56. The first-order valence-electron chi connectivity index (χ1n) is 7.10. The van der Waals surface area contributed by atoms with E-state index in [0.29, 0.717) is 0 Å². The summed E-state index contributed by atoms with van der Waals surface area (Å²) in [6.45, 7) is 4.42. The van der Waals surface area contributed by atoms with Crippen molar-refractivity contribution in [2.45, 2.75) is 52.4 Å². The highest BCUT2D eigenvalue weighted by Gasteiger charge is 2.07. The maximum absolute atomic E-state index is 4.45. The first kappa shape index (κ1) is 13.0.